The van der Waals surface area contributed by atoms with Crippen LogP contribution in [0, 0.1) is 11.3 Å². The molecular weight excluding hydrogens is 566 g/mol. The lowest BCUT2D eigenvalue weighted by molar-refractivity contribution is 0.0935. The first-order chi connectivity index (χ1) is 21.4. The standard InChI is InChI=1S/C31H22F2N10O/c32-27(33)24-9-5-18(16-37-24)31(44)39-23-8-4-17-13-20(6-7-21(17)23)43-29(22-3-1-10-36-28(22)35)41-26-19(15-34)14-25(40-30(26)43)42-12-2-11-38-42/h1-3,5-7,9-14,16,23,27H,4,8H2,(H2,35,36)(H,39,44)/t23-/m0/s1. The first-order valence-corrected chi connectivity index (χ1v) is 13.6. The van der Waals surface area contributed by atoms with E-state index in [1.807, 2.05) is 28.8 Å². The zero-order chi connectivity index (χ0) is 30.4. The molecular formula is C31H22F2N10O. The van der Waals surface area contributed by atoms with Crippen LogP contribution in [0.15, 0.2) is 79.4 Å². The van der Waals surface area contributed by atoms with Crippen LogP contribution in [0.2, 0.25) is 0 Å². The number of pyridine rings is 3. The Kier molecular flexibility index (Phi) is 6.51. The Bertz CT molecular complexity index is 2080. The number of carbonyl (C=O) groups excluding carboxylic acids is 1. The van der Waals surface area contributed by atoms with Crippen LogP contribution in [-0.4, -0.2) is 40.2 Å². The number of nitrogens with zero attached hydrogens (tertiary/aromatic N) is 8. The second-order valence-electron chi connectivity index (χ2n) is 10.2. The number of hydrogen-bond donors (Lipinski definition) is 2. The van der Waals surface area contributed by atoms with Crippen LogP contribution in [-0.2, 0) is 6.42 Å². The lowest BCUT2D eigenvalue weighted by Gasteiger charge is -2.16. The summed E-state index contributed by atoms with van der Waals surface area (Å²) in [5, 5.41) is 17.3. The molecule has 0 unspecified atom stereocenters. The maximum Gasteiger partial charge on any atom is 0.280 e. The number of imidazole rings is 1. The quantitative estimate of drug-likeness (QED) is 0.279. The molecule has 11 nitrogen and oxygen atoms in total. The number of amides is 1. The summed E-state index contributed by atoms with van der Waals surface area (Å²) in [4.78, 5) is 30.5. The molecule has 1 amide bonds. The Morgan fingerprint density at radius 3 is 2.70 bits per heavy atom. The van der Waals surface area contributed by atoms with E-state index >= 15 is 0 Å². The van der Waals surface area contributed by atoms with Crippen LogP contribution in [0.1, 0.15) is 51.6 Å². The van der Waals surface area contributed by atoms with Crippen molar-refractivity contribution in [1.82, 2.24) is 39.6 Å². The summed E-state index contributed by atoms with van der Waals surface area (Å²) in [5.41, 5.74) is 10.5. The number of halogens is 2. The van der Waals surface area contributed by atoms with Crippen molar-refractivity contribution >= 4 is 22.9 Å². The SMILES string of the molecule is N#Cc1cc(-n2cccn2)nc2c1nc(-c1cccnc1N)n2-c1ccc2c(c1)CC[C@@H]2NC(=O)c1ccc(C(F)F)nc1. The van der Waals surface area contributed by atoms with E-state index in [9.17, 15) is 18.8 Å². The number of aromatic nitrogens is 7. The molecule has 0 bridgehead atoms. The number of fused-ring (bicyclic) bond motifs is 2. The molecule has 0 saturated heterocycles. The second kappa shape index (κ2) is 10.7. The van der Waals surface area contributed by atoms with Crippen molar-refractivity contribution in [2.75, 3.05) is 5.73 Å². The Labute approximate surface area is 248 Å². The maximum absolute atomic E-state index is 12.9. The summed E-state index contributed by atoms with van der Waals surface area (Å²) in [7, 11) is 0. The molecule has 0 spiro atoms. The van der Waals surface area contributed by atoms with Gasteiger partial charge in [0, 0.05) is 36.5 Å². The van der Waals surface area contributed by atoms with Crippen molar-refractivity contribution in [1.29, 1.82) is 5.26 Å². The van der Waals surface area contributed by atoms with Crippen molar-refractivity contribution in [2.45, 2.75) is 25.3 Å². The van der Waals surface area contributed by atoms with E-state index in [1.54, 1.807) is 41.5 Å². The molecule has 0 aliphatic heterocycles. The van der Waals surface area contributed by atoms with Crippen LogP contribution in [0.25, 0.3) is 34.1 Å². The Morgan fingerprint density at radius 1 is 1.09 bits per heavy atom. The van der Waals surface area contributed by atoms with E-state index in [2.05, 4.69) is 26.5 Å². The summed E-state index contributed by atoms with van der Waals surface area (Å²) in [6, 6.07) is 17.3. The van der Waals surface area contributed by atoms with Gasteiger partial charge in [-0.05, 0) is 66.4 Å². The van der Waals surface area contributed by atoms with Gasteiger partial charge in [0.15, 0.2) is 17.3 Å². The summed E-state index contributed by atoms with van der Waals surface area (Å²) >= 11 is 0. The monoisotopic (exact) mass is 588 g/mol. The van der Waals surface area contributed by atoms with Crippen LogP contribution in [0.3, 0.4) is 0 Å². The van der Waals surface area contributed by atoms with Crippen molar-refractivity contribution in [3.05, 3.63) is 107 Å². The third-order valence-corrected chi connectivity index (χ3v) is 7.58. The molecule has 1 aliphatic carbocycles. The molecule has 6 aromatic rings. The van der Waals surface area contributed by atoms with Crippen LogP contribution in [0.5, 0.6) is 0 Å². The zero-order valence-electron chi connectivity index (χ0n) is 22.9. The highest BCUT2D eigenvalue weighted by Gasteiger charge is 2.27. The van der Waals surface area contributed by atoms with Gasteiger partial charge in [-0.3, -0.25) is 14.3 Å². The minimum absolute atomic E-state index is 0.204. The number of alkyl halides is 2. The van der Waals surface area contributed by atoms with E-state index in [4.69, 9.17) is 15.7 Å². The summed E-state index contributed by atoms with van der Waals surface area (Å²) < 4.78 is 29.2. The third kappa shape index (κ3) is 4.58. The first-order valence-electron chi connectivity index (χ1n) is 13.6. The molecule has 0 fully saturated rings. The van der Waals surface area contributed by atoms with Gasteiger partial charge in [0.2, 0.25) is 0 Å². The minimum Gasteiger partial charge on any atom is -0.383 e. The molecule has 0 radical (unpaired) electrons. The predicted octanol–water partition coefficient (Wildman–Crippen LogP) is 4.87. The fourth-order valence-corrected chi connectivity index (χ4v) is 5.48. The topological polar surface area (TPSA) is 153 Å². The number of rotatable bonds is 6. The van der Waals surface area contributed by atoms with Crippen molar-refractivity contribution in [3.8, 4) is 29.0 Å². The van der Waals surface area contributed by atoms with E-state index < -0.39 is 12.3 Å². The number of anilines is 1. The summed E-state index contributed by atoms with van der Waals surface area (Å²) in [6.45, 7) is 0. The molecule has 0 saturated carbocycles. The van der Waals surface area contributed by atoms with E-state index in [0.717, 1.165) is 29.1 Å². The molecule has 5 aromatic heterocycles. The molecule has 1 aliphatic rings. The maximum atomic E-state index is 12.9. The highest BCUT2D eigenvalue weighted by Crippen LogP contribution is 2.36. The summed E-state index contributed by atoms with van der Waals surface area (Å²) in [5.74, 6) is 0.796. The Hall–Kier alpha value is -6.03. The highest BCUT2D eigenvalue weighted by molar-refractivity contribution is 5.94. The second-order valence-corrected chi connectivity index (χ2v) is 10.2. The largest absolute Gasteiger partial charge is 0.383 e. The fraction of sp³-hybridized carbons (Fsp3) is 0.129. The van der Waals surface area contributed by atoms with Gasteiger partial charge in [-0.2, -0.15) is 10.4 Å². The van der Waals surface area contributed by atoms with Crippen molar-refractivity contribution in [3.63, 3.8) is 0 Å². The molecule has 5 heterocycles. The van der Waals surface area contributed by atoms with Crippen LogP contribution in [0.4, 0.5) is 14.6 Å². The van der Waals surface area contributed by atoms with Gasteiger partial charge in [-0.15, -0.1) is 0 Å². The lowest BCUT2D eigenvalue weighted by atomic mass is 10.1. The van der Waals surface area contributed by atoms with E-state index in [0.29, 0.717) is 46.8 Å². The number of nitrogen functional groups attached to an aromatic ring is 1. The number of nitriles is 1. The van der Waals surface area contributed by atoms with Gasteiger partial charge in [-0.25, -0.2) is 28.4 Å². The number of hydrogen-bond acceptors (Lipinski definition) is 8. The Morgan fingerprint density at radius 2 is 1.98 bits per heavy atom. The average Bonchev–Trinajstić information content (AvgIpc) is 3.80. The van der Waals surface area contributed by atoms with Crippen molar-refractivity contribution in [2.24, 2.45) is 0 Å². The third-order valence-electron chi connectivity index (χ3n) is 7.58. The number of nitrogens with one attached hydrogen (secondary N) is 1. The lowest BCUT2D eigenvalue weighted by Crippen LogP contribution is -2.27. The smallest absolute Gasteiger partial charge is 0.280 e. The highest BCUT2D eigenvalue weighted by atomic mass is 19.3. The predicted molar refractivity (Wildman–Crippen MR) is 156 cm³/mol. The van der Waals surface area contributed by atoms with Crippen LogP contribution < -0.4 is 11.1 Å². The molecule has 216 valence electrons. The minimum atomic E-state index is -2.70. The molecule has 13 heteroatoms. The van der Waals surface area contributed by atoms with E-state index in [1.165, 1.54) is 6.07 Å². The van der Waals surface area contributed by atoms with Gasteiger partial charge in [0.1, 0.15) is 23.1 Å². The average molecular weight is 589 g/mol. The van der Waals surface area contributed by atoms with Gasteiger partial charge in [0.25, 0.3) is 12.3 Å². The number of carbonyl (C=O) groups is 1. The molecule has 3 N–H and O–H groups in total. The number of benzene rings is 1. The van der Waals surface area contributed by atoms with Crippen molar-refractivity contribution < 1.29 is 13.6 Å². The first kappa shape index (κ1) is 26.8. The van der Waals surface area contributed by atoms with Gasteiger partial charge >= 0.3 is 0 Å². The normalized spacial score (nSPS) is 14.1. The Balaban J connectivity index is 1.31. The molecule has 1 atom stereocenters. The molecule has 7 rings (SSSR count). The fourth-order valence-electron chi connectivity index (χ4n) is 5.48. The number of nitrogens with two attached hydrogens (primary N) is 1. The molecule has 44 heavy (non-hydrogen) atoms. The summed E-state index contributed by atoms with van der Waals surface area (Å²) in [6.07, 6.45) is 4.75. The zero-order valence-corrected chi connectivity index (χ0v) is 22.9. The van der Waals surface area contributed by atoms with Gasteiger partial charge < -0.3 is 11.1 Å². The van der Waals surface area contributed by atoms with E-state index in [-0.39, 0.29) is 23.1 Å². The molecule has 1 aromatic carbocycles. The number of aryl methyl sites for hydroxylation is 1. The van der Waals surface area contributed by atoms with Gasteiger partial charge in [-0.1, -0.05) is 6.07 Å². The van der Waals surface area contributed by atoms with Gasteiger partial charge in [0.05, 0.1) is 22.7 Å². The van der Waals surface area contributed by atoms with Crippen LogP contribution >= 0.6 is 0 Å².